The van der Waals surface area contributed by atoms with Crippen molar-refractivity contribution in [3.8, 4) is 6.07 Å². The van der Waals surface area contributed by atoms with E-state index in [0.717, 1.165) is 27.7 Å². The molecule has 6 nitrogen and oxygen atoms in total. The van der Waals surface area contributed by atoms with Crippen LogP contribution in [-0.2, 0) is 6.54 Å². The summed E-state index contributed by atoms with van der Waals surface area (Å²) >= 11 is 5.97. The molecular formula is C24H18ClN5O. The highest BCUT2D eigenvalue weighted by Gasteiger charge is 2.14. The molecule has 7 heteroatoms. The van der Waals surface area contributed by atoms with Crippen LogP contribution in [0.1, 0.15) is 32.7 Å². The van der Waals surface area contributed by atoms with E-state index in [2.05, 4.69) is 26.1 Å². The van der Waals surface area contributed by atoms with Gasteiger partial charge in [0, 0.05) is 34.9 Å². The third-order valence-electron chi connectivity index (χ3n) is 5.11. The number of nitrogens with one attached hydrogen (secondary N) is 1. The molecule has 0 aliphatic heterocycles. The SMILES string of the molecule is Cc1c(C=NNC(=O)c2cccnc2Cl)c2ccccc2n1Cc1ccccc1C#N. The summed E-state index contributed by atoms with van der Waals surface area (Å²) in [5, 5.41) is 14.7. The first kappa shape index (κ1) is 20.3. The molecule has 2 aromatic carbocycles. The zero-order valence-electron chi connectivity index (χ0n) is 16.7. The number of benzene rings is 2. The van der Waals surface area contributed by atoms with E-state index in [0.29, 0.717) is 12.1 Å². The highest BCUT2D eigenvalue weighted by Crippen LogP contribution is 2.26. The monoisotopic (exact) mass is 427 g/mol. The van der Waals surface area contributed by atoms with E-state index in [4.69, 9.17) is 11.6 Å². The van der Waals surface area contributed by atoms with Crippen molar-refractivity contribution in [1.29, 1.82) is 5.26 Å². The Morgan fingerprint density at radius 2 is 1.97 bits per heavy atom. The van der Waals surface area contributed by atoms with Crippen LogP contribution >= 0.6 is 11.6 Å². The second-order valence-electron chi connectivity index (χ2n) is 6.91. The van der Waals surface area contributed by atoms with Gasteiger partial charge < -0.3 is 4.57 Å². The molecule has 31 heavy (non-hydrogen) atoms. The second kappa shape index (κ2) is 8.82. The summed E-state index contributed by atoms with van der Waals surface area (Å²) < 4.78 is 2.15. The van der Waals surface area contributed by atoms with E-state index in [1.807, 2.05) is 55.5 Å². The number of carbonyl (C=O) groups is 1. The molecule has 0 unspecified atom stereocenters. The third-order valence-corrected chi connectivity index (χ3v) is 5.41. The summed E-state index contributed by atoms with van der Waals surface area (Å²) in [4.78, 5) is 16.2. The van der Waals surface area contributed by atoms with Gasteiger partial charge in [0.2, 0.25) is 0 Å². The summed E-state index contributed by atoms with van der Waals surface area (Å²) in [7, 11) is 0. The summed E-state index contributed by atoms with van der Waals surface area (Å²) in [5.74, 6) is -0.432. The van der Waals surface area contributed by atoms with Gasteiger partial charge >= 0.3 is 0 Å². The smallest absolute Gasteiger partial charge is 0.274 e. The van der Waals surface area contributed by atoms with Gasteiger partial charge in [-0.2, -0.15) is 10.4 Å². The number of hydrogen-bond acceptors (Lipinski definition) is 4. The van der Waals surface area contributed by atoms with E-state index in [1.165, 1.54) is 6.20 Å². The number of aromatic nitrogens is 2. The minimum absolute atomic E-state index is 0.124. The Hall–Kier alpha value is -3.95. The Bertz CT molecular complexity index is 1350. The van der Waals surface area contributed by atoms with E-state index < -0.39 is 5.91 Å². The highest BCUT2D eigenvalue weighted by atomic mass is 35.5. The lowest BCUT2D eigenvalue weighted by Gasteiger charge is -2.10. The fourth-order valence-corrected chi connectivity index (χ4v) is 3.74. The molecule has 2 heterocycles. The molecule has 0 fully saturated rings. The van der Waals surface area contributed by atoms with Gasteiger partial charge in [-0.1, -0.05) is 48.0 Å². The van der Waals surface area contributed by atoms with Crippen molar-refractivity contribution in [1.82, 2.24) is 15.0 Å². The Balaban J connectivity index is 1.67. The number of amides is 1. The molecule has 0 saturated heterocycles. The average Bonchev–Trinajstić information content (AvgIpc) is 3.05. The molecule has 0 atom stereocenters. The van der Waals surface area contributed by atoms with Crippen molar-refractivity contribution in [2.24, 2.45) is 5.10 Å². The molecule has 1 N–H and O–H groups in total. The fourth-order valence-electron chi connectivity index (χ4n) is 3.53. The molecule has 152 valence electrons. The van der Waals surface area contributed by atoms with Crippen LogP contribution in [0.5, 0.6) is 0 Å². The van der Waals surface area contributed by atoms with Crippen LogP contribution in [0.15, 0.2) is 72.0 Å². The maximum absolute atomic E-state index is 12.3. The van der Waals surface area contributed by atoms with Crippen molar-refractivity contribution in [3.05, 3.63) is 100.0 Å². The minimum atomic E-state index is -0.432. The van der Waals surface area contributed by atoms with Crippen molar-refractivity contribution in [3.63, 3.8) is 0 Å². The number of hydrogen-bond donors (Lipinski definition) is 1. The number of para-hydroxylation sites is 1. The fraction of sp³-hybridized carbons (Fsp3) is 0.0833. The second-order valence-corrected chi connectivity index (χ2v) is 7.27. The Morgan fingerprint density at radius 3 is 2.77 bits per heavy atom. The zero-order chi connectivity index (χ0) is 21.8. The normalized spacial score (nSPS) is 11.0. The number of halogens is 1. The maximum Gasteiger partial charge on any atom is 0.274 e. The first-order valence-electron chi connectivity index (χ1n) is 9.60. The first-order valence-corrected chi connectivity index (χ1v) is 9.97. The van der Waals surface area contributed by atoms with Gasteiger partial charge in [0.15, 0.2) is 0 Å². The molecule has 1 amide bonds. The molecular weight excluding hydrogens is 410 g/mol. The Morgan fingerprint density at radius 1 is 1.19 bits per heavy atom. The average molecular weight is 428 g/mol. The standard InChI is InChI=1S/C24H18ClN5O/c1-16-21(14-28-29-24(31)20-10-6-12-27-23(20)25)19-9-4-5-11-22(19)30(16)15-18-8-3-2-7-17(18)13-26/h2-12,14H,15H2,1H3,(H,29,31). The zero-order valence-corrected chi connectivity index (χ0v) is 17.5. The van der Waals surface area contributed by atoms with Gasteiger partial charge in [0.05, 0.1) is 23.4 Å². The minimum Gasteiger partial charge on any atom is -0.340 e. The van der Waals surface area contributed by atoms with E-state index in [1.54, 1.807) is 18.3 Å². The maximum atomic E-state index is 12.3. The van der Waals surface area contributed by atoms with Crippen molar-refractivity contribution in [2.75, 3.05) is 0 Å². The van der Waals surface area contributed by atoms with Crippen LogP contribution in [-0.4, -0.2) is 21.7 Å². The van der Waals surface area contributed by atoms with E-state index in [-0.39, 0.29) is 10.7 Å². The predicted octanol–water partition coefficient (Wildman–Crippen LogP) is 4.68. The molecule has 2 aromatic heterocycles. The van der Waals surface area contributed by atoms with E-state index in [9.17, 15) is 10.1 Å². The lowest BCUT2D eigenvalue weighted by atomic mass is 10.1. The van der Waals surface area contributed by atoms with Crippen LogP contribution in [0, 0.1) is 18.3 Å². The lowest BCUT2D eigenvalue weighted by Crippen LogP contribution is -2.18. The van der Waals surface area contributed by atoms with Gasteiger partial charge in [-0.25, -0.2) is 10.4 Å². The predicted molar refractivity (Wildman–Crippen MR) is 121 cm³/mol. The summed E-state index contributed by atoms with van der Waals surface area (Å²) in [6.45, 7) is 2.55. The topological polar surface area (TPSA) is 83.1 Å². The third kappa shape index (κ3) is 4.04. The van der Waals surface area contributed by atoms with Crippen LogP contribution in [0.25, 0.3) is 10.9 Å². The molecule has 0 saturated carbocycles. The largest absolute Gasteiger partial charge is 0.340 e. The molecule has 0 radical (unpaired) electrons. The van der Waals surface area contributed by atoms with Crippen molar-refractivity contribution in [2.45, 2.75) is 13.5 Å². The van der Waals surface area contributed by atoms with Gasteiger partial charge in [0.1, 0.15) is 5.15 Å². The molecule has 4 rings (SSSR count). The first-order chi connectivity index (χ1) is 15.1. The van der Waals surface area contributed by atoms with E-state index >= 15 is 0 Å². The van der Waals surface area contributed by atoms with Crippen LogP contribution in [0.2, 0.25) is 5.15 Å². The quantitative estimate of drug-likeness (QED) is 0.285. The van der Waals surface area contributed by atoms with Gasteiger partial charge in [-0.05, 0) is 36.8 Å². The van der Waals surface area contributed by atoms with Crippen molar-refractivity contribution < 1.29 is 4.79 Å². The highest BCUT2D eigenvalue weighted by molar-refractivity contribution is 6.32. The van der Waals surface area contributed by atoms with Crippen LogP contribution < -0.4 is 5.43 Å². The number of pyridine rings is 1. The number of carbonyl (C=O) groups excluding carboxylic acids is 1. The number of fused-ring (bicyclic) bond motifs is 1. The van der Waals surface area contributed by atoms with Gasteiger partial charge in [-0.15, -0.1) is 0 Å². The van der Waals surface area contributed by atoms with Crippen LogP contribution in [0.3, 0.4) is 0 Å². The van der Waals surface area contributed by atoms with Crippen LogP contribution in [0.4, 0.5) is 0 Å². The summed E-state index contributed by atoms with van der Waals surface area (Å²) in [6.07, 6.45) is 3.15. The number of rotatable bonds is 5. The van der Waals surface area contributed by atoms with Gasteiger partial charge in [-0.3, -0.25) is 4.79 Å². The molecule has 4 aromatic rings. The number of hydrazone groups is 1. The summed E-state index contributed by atoms with van der Waals surface area (Å²) in [5.41, 5.74) is 7.25. The molecule has 0 bridgehead atoms. The Labute approximate surface area is 184 Å². The molecule has 0 aliphatic carbocycles. The van der Waals surface area contributed by atoms with Crippen molar-refractivity contribution >= 4 is 34.6 Å². The molecule has 0 aliphatic rings. The number of nitrogens with zero attached hydrogens (tertiary/aromatic N) is 4. The number of nitriles is 1. The Kier molecular flexibility index (Phi) is 5.78. The lowest BCUT2D eigenvalue weighted by molar-refractivity contribution is 0.0955. The van der Waals surface area contributed by atoms with Gasteiger partial charge in [0.25, 0.3) is 5.91 Å². The summed E-state index contributed by atoms with van der Waals surface area (Å²) in [6, 6.07) is 21.0. The molecule has 0 spiro atoms.